The molecule has 1 aromatic rings. The molecule has 1 saturated heterocycles. The first kappa shape index (κ1) is 10.5. The van der Waals surface area contributed by atoms with Crippen LogP contribution in [0.25, 0.3) is 0 Å². The summed E-state index contributed by atoms with van der Waals surface area (Å²) >= 11 is 0. The van der Waals surface area contributed by atoms with Crippen LogP contribution in [-0.4, -0.2) is 13.2 Å². The van der Waals surface area contributed by atoms with Crippen LogP contribution in [0.15, 0.2) is 24.3 Å². The first-order valence-electron chi connectivity index (χ1n) is 5.86. The first-order valence-corrected chi connectivity index (χ1v) is 5.86. The maximum atomic E-state index is 5.43. The van der Waals surface area contributed by atoms with Crippen LogP contribution in [0.5, 0.6) is 5.75 Å². The van der Waals surface area contributed by atoms with Crippen molar-refractivity contribution in [2.75, 3.05) is 13.2 Å². The summed E-state index contributed by atoms with van der Waals surface area (Å²) in [7, 11) is 0. The van der Waals surface area contributed by atoms with E-state index in [1.165, 1.54) is 24.8 Å². The number of ether oxygens (including phenoxy) is 1. The molecule has 0 saturated carbocycles. The van der Waals surface area contributed by atoms with E-state index < -0.39 is 0 Å². The number of benzene rings is 1. The van der Waals surface area contributed by atoms with Crippen molar-refractivity contribution in [3.8, 4) is 5.75 Å². The van der Waals surface area contributed by atoms with E-state index in [1.807, 2.05) is 6.92 Å². The topological polar surface area (TPSA) is 21.3 Å². The fourth-order valence-electron chi connectivity index (χ4n) is 2.10. The lowest BCUT2D eigenvalue weighted by Gasteiger charge is -2.23. The van der Waals surface area contributed by atoms with Crippen LogP contribution in [-0.2, 0) is 0 Å². The van der Waals surface area contributed by atoms with Crippen LogP contribution in [0.4, 0.5) is 0 Å². The maximum absolute atomic E-state index is 5.43. The summed E-state index contributed by atoms with van der Waals surface area (Å²) in [6.07, 6.45) is 3.91. The van der Waals surface area contributed by atoms with Gasteiger partial charge in [-0.3, -0.25) is 0 Å². The number of piperidine rings is 1. The average Bonchev–Trinajstić information content (AvgIpc) is 2.32. The van der Waals surface area contributed by atoms with Crippen LogP contribution in [0, 0.1) is 0 Å². The van der Waals surface area contributed by atoms with E-state index in [-0.39, 0.29) is 0 Å². The molecule has 0 amide bonds. The Morgan fingerprint density at radius 1 is 1.27 bits per heavy atom. The molecule has 15 heavy (non-hydrogen) atoms. The van der Waals surface area contributed by atoms with Crippen molar-refractivity contribution in [3.63, 3.8) is 0 Å². The minimum Gasteiger partial charge on any atom is -0.494 e. The van der Waals surface area contributed by atoms with Gasteiger partial charge in [-0.2, -0.15) is 0 Å². The summed E-state index contributed by atoms with van der Waals surface area (Å²) in [4.78, 5) is 0. The zero-order valence-corrected chi connectivity index (χ0v) is 9.33. The third-order valence-corrected chi connectivity index (χ3v) is 2.90. The number of hydrogen-bond donors (Lipinski definition) is 1. The second-order valence-corrected chi connectivity index (χ2v) is 4.00. The number of hydrogen-bond acceptors (Lipinski definition) is 2. The highest BCUT2D eigenvalue weighted by Gasteiger charge is 2.13. The quantitative estimate of drug-likeness (QED) is 0.819. The Kier molecular flexibility index (Phi) is 3.62. The molecule has 0 aromatic heterocycles. The van der Waals surface area contributed by atoms with Gasteiger partial charge in [-0.05, 0) is 44.0 Å². The molecule has 0 spiro atoms. The summed E-state index contributed by atoms with van der Waals surface area (Å²) in [6, 6.07) is 9.03. The summed E-state index contributed by atoms with van der Waals surface area (Å²) in [5, 5.41) is 3.55. The lowest BCUT2D eigenvalue weighted by Crippen LogP contribution is -2.26. The van der Waals surface area contributed by atoms with Crippen molar-refractivity contribution in [1.29, 1.82) is 0 Å². The SMILES string of the molecule is CCOc1ccc([C@@H]2CCCCN2)cc1. The molecule has 2 heteroatoms. The zero-order chi connectivity index (χ0) is 10.5. The van der Waals surface area contributed by atoms with Crippen LogP contribution in [0.3, 0.4) is 0 Å². The van der Waals surface area contributed by atoms with Crippen molar-refractivity contribution in [2.45, 2.75) is 32.2 Å². The molecule has 82 valence electrons. The predicted octanol–water partition coefficient (Wildman–Crippen LogP) is 2.90. The number of nitrogens with one attached hydrogen (secondary N) is 1. The van der Waals surface area contributed by atoms with Crippen molar-refractivity contribution in [1.82, 2.24) is 5.32 Å². The summed E-state index contributed by atoms with van der Waals surface area (Å²) in [6.45, 7) is 3.90. The third-order valence-electron chi connectivity index (χ3n) is 2.90. The fraction of sp³-hybridized carbons (Fsp3) is 0.538. The average molecular weight is 205 g/mol. The van der Waals surface area contributed by atoms with Gasteiger partial charge in [-0.25, -0.2) is 0 Å². The van der Waals surface area contributed by atoms with Gasteiger partial charge in [0, 0.05) is 6.04 Å². The molecule has 1 aliphatic rings. The Morgan fingerprint density at radius 3 is 2.67 bits per heavy atom. The molecular weight excluding hydrogens is 186 g/mol. The Labute approximate surface area is 91.6 Å². The second-order valence-electron chi connectivity index (χ2n) is 4.00. The lowest BCUT2D eigenvalue weighted by atomic mass is 9.98. The molecule has 0 unspecified atom stereocenters. The summed E-state index contributed by atoms with van der Waals surface area (Å²) in [5.74, 6) is 0.969. The third kappa shape index (κ3) is 2.72. The van der Waals surface area contributed by atoms with Gasteiger partial charge >= 0.3 is 0 Å². The van der Waals surface area contributed by atoms with Gasteiger partial charge in [0.05, 0.1) is 6.61 Å². The Hall–Kier alpha value is -1.02. The van der Waals surface area contributed by atoms with Crippen LogP contribution >= 0.6 is 0 Å². The van der Waals surface area contributed by atoms with E-state index in [0.717, 1.165) is 18.9 Å². The predicted molar refractivity (Wildman–Crippen MR) is 62.2 cm³/mol. The standard InChI is InChI=1S/C13H19NO/c1-2-15-12-8-6-11(7-9-12)13-5-3-4-10-14-13/h6-9,13-14H,2-5,10H2,1H3/t13-/m0/s1. The molecule has 1 aromatic carbocycles. The normalized spacial score (nSPS) is 21.3. The monoisotopic (exact) mass is 205 g/mol. The smallest absolute Gasteiger partial charge is 0.119 e. The van der Waals surface area contributed by atoms with Gasteiger partial charge in [-0.15, -0.1) is 0 Å². The van der Waals surface area contributed by atoms with E-state index >= 15 is 0 Å². The van der Waals surface area contributed by atoms with E-state index in [2.05, 4.69) is 29.6 Å². The van der Waals surface area contributed by atoms with Gasteiger partial charge in [0.1, 0.15) is 5.75 Å². The summed E-state index contributed by atoms with van der Waals surface area (Å²) < 4.78 is 5.43. The van der Waals surface area contributed by atoms with Gasteiger partial charge in [-0.1, -0.05) is 18.6 Å². The molecule has 0 bridgehead atoms. The van der Waals surface area contributed by atoms with Crippen molar-refractivity contribution < 1.29 is 4.74 Å². The van der Waals surface area contributed by atoms with Crippen molar-refractivity contribution in [2.24, 2.45) is 0 Å². The van der Waals surface area contributed by atoms with Crippen LogP contribution < -0.4 is 10.1 Å². The number of rotatable bonds is 3. The molecule has 2 nitrogen and oxygen atoms in total. The van der Waals surface area contributed by atoms with E-state index in [9.17, 15) is 0 Å². The van der Waals surface area contributed by atoms with Gasteiger partial charge < -0.3 is 10.1 Å². The highest BCUT2D eigenvalue weighted by molar-refractivity contribution is 5.29. The van der Waals surface area contributed by atoms with Crippen molar-refractivity contribution in [3.05, 3.63) is 29.8 Å². The molecular formula is C13H19NO. The second kappa shape index (κ2) is 5.17. The molecule has 1 atom stereocenters. The first-order chi connectivity index (χ1) is 7.40. The zero-order valence-electron chi connectivity index (χ0n) is 9.33. The largest absolute Gasteiger partial charge is 0.494 e. The Balaban J connectivity index is 2.02. The molecule has 0 aliphatic carbocycles. The Bertz CT molecular complexity index is 288. The van der Waals surface area contributed by atoms with Crippen molar-refractivity contribution >= 4 is 0 Å². The molecule has 2 rings (SSSR count). The van der Waals surface area contributed by atoms with Gasteiger partial charge in [0.2, 0.25) is 0 Å². The lowest BCUT2D eigenvalue weighted by molar-refractivity contribution is 0.339. The van der Waals surface area contributed by atoms with E-state index in [0.29, 0.717) is 6.04 Å². The minimum absolute atomic E-state index is 0.550. The fourth-order valence-corrected chi connectivity index (χ4v) is 2.10. The van der Waals surface area contributed by atoms with E-state index in [1.54, 1.807) is 0 Å². The van der Waals surface area contributed by atoms with E-state index in [4.69, 9.17) is 4.74 Å². The maximum Gasteiger partial charge on any atom is 0.119 e. The molecule has 0 radical (unpaired) electrons. The highest BCUT2D eigenvalue weighted by Crippen LogP contribution is 2.24. The Morgan fingerprint density at radius 2 is 2.07 bits per heavy atom. The molecule has 1 fully saturated rings. The van der Waals surface area contributed by atoms with Gasteiger partial charge in [0.15, 0.2) is 0 Å². The van der Waals surface area contributed by atoms with Gasteiger partial charge in [0.25, 0.3) is 0 Å². The highest BCUT2D eigenvalue weighted by atomic mass is 16.5. The van der Waals surface area contributed by atoms with Crippen LogP contribution in [0.2, 0.25) is 0 Å². The minimum atomic E-state index is 0.550. The molecule has 1 aliphatic heterocycles. The van der Waals surface area contributed by atoms with Crippen LogP contribution in [0.1, 0.15) is 37.8 Å². The molecule has 1 N–H and O–H groups in total. The molecule has 1 heterocycles. The summed E-state index contributed by atoms with van der Waals surface area (Å²) in [5.41, 5.74) is 1.39.